The van der Waals surface area contributed by atoms with Crippen LogP contribution in [0.15, 0.2) is 24.3 Å². The minimum absolute atomic E-state index is 0.0783. The molecule has 1 aromatic carbocycles. The molecule has 0 unspecified atom stereocenters. The quantitative estimate of drug-likeness (QED) is 0.752. The number of aromatic nitrogens is 2. The summed E-state index contributed by atoms with van der Waals surface area (Å²) in [5.41, 5.74) is 0.868. The van der Waals surface area contributed by atoms with Crippen LogP contribution >= 0.6 is 0 Å². The highest BCUT2D eigenvalue weighted by Crippen LogP contribution is 2.33. The normalized spacial score (nSPS) is 13.4. The Balaban J connectivity index is 1.80. The molecule has 0 saturated heterocycles. The van der Waals surface area contributed by atoms with Crippen LogP contribution in [0.1, 0.15) is 71.4 Å². The average molecular weight is 443 g/mol. The SMILES string of the molecule is CC(C)N(CC(=O)Nc1cc(C(C)(C)C)nn1C(C)(C)C)C(=O)c1ccc2c(c1)OCO2. The Morgan fingerprint density at radius 3 is 2.34 bits per heavy atom. The van der Waals surface area contributed by atoms with Gasteiger partial charge < -0.3 is 19.7 Å². The summed E-state index contributed by atoms with van der Waals surface area (Å²) in [5.74, 6) is 1.24. The van der Waals surface area contributed by atoms with Gasteiger partial charge >= 0.3 is 0 Å². The van der Waals surface area contributed by atoms with Gasteiger partial charge in [-0.25, -0.2) is 4.68 Å². The van der Waals surface area contributed by atoms with Crippen molar-refractivity contribution in [3.8, 4) is 11.5 Å². The molecule has 0 bridgehead atoms. The van der Waals surface area contributed by atoms with Crippen LogP contribution in [0.5, 0.6) is 11.5 Å². The minimum atomic E-state index is -0.313. The molecule has 0 radical (unpaired) electrons. The van der Waals surface area contributed by atoms with Crippen LogP contribution in [0.3, 0.4) is 0 Å². The summed E-state index contributed by atoms with van der Waals surface area (Å²) < 4.78 is 12.5. The van der Waals surface area contributed by atoms with Crippen molar-refractivity contribution in [2.24, 2.45) is 0 Å². The van der Waals surface area contributed by atoms with E-state index in [9.17, 15) is 9.59 Å². The Labute approximate surface area is 189 Å². The van der Waals surface area contributed by atoms with E-state index in [0.717, 1.165) is 5.69 Å². The molecule has 3 rings (SSSR count). The Morgan fingerprint density at radius 2 is 1.75 bits per heavy atom. The van der Waals surface area contributed by atoms with Gasteiger partial charge in [0.2, 0.25) is 12.7 Å². The molecule has 1 N–H and O–H groups in total. The third-order valence-electron chi connectivity index (χ3n) is 5.20. The maximum atomic E-state index is 13.2. The second-order valence-electron chi connectivity index (χ2n) is 10.4. The van der Waals surface area contributed by atoms with Gasteiger partial charge in [0.1, 0.15) is 12.4 Å². The average Bonchev–Trinajstić information content (AvgIpc) is 3.30. The summed E-state index contributed by atoms with van der Waals surface area (Å²) in [4.78, 5) is 27.7. The first-order valence-electron chi connectivity index (χ1n) is 10.9. The van der Waals surface area contributed by atoms with Gasteiger partial charge in [-0.3, -0.25) is 9.59 Å². The van der Waals surface area contributed by atoms with E-state index >= 15 is 0 Å². The monoisotopic (exact) mass is 442 g/mol. The van der Waals surface area contributed by atoms with Crippen LogP contribution in [0, 0.1) is 0 Å². The van der Waals surface area contributed by atoms with Gasteiger partial charge in [0.15, 0.2) is 11.5 Å². The number of ether oxygens (including phenoxy) is 2. The number of amides is 2. The van der Waals surface area contributed by atoms with Crippen molar-refractivity contribution in [2.75, 3.05) is 18.7 Å². The molecule has 0 atom stereocenters. The number of anilines is 1. The molecule has 8 nitrogen and oxygen atoms in total. The molecule has 2 heterocycles. The van der Waals surface area contributed by atoms with Crippen LogP contribution in [0.25, 0.3) is 0 Å². The summed E-state index contributed by atoms with van der Waals surface area (Å²) >= 11 is 0. The predicted octanol–water partition coefficient (Wildman–Crippen LogP) is 4.15. The smallest absolute Gasteiger partial charge is 0.254 e. The standard InChI is InChI=1S/C24H34N4O4/c1-15(2)27(22(30)16-9-10-17-18(11-16)32-14-31-17)13-21(29)25-20-12-19(23(3,4)5)26-28(20)24(6,7)8/h9-12,15H,13-14H2,1-8H3,(H,25,29). The molecule has 1 aromatic heterocycles. The molecule has 0 fully saturated rings. The number of carbonyl (C=O) groups is 2. The lowest BCUT2D eigenvalue weighted by atomic mass is 9.92. The number of nitrogens with zero attached hydrogens (tertiary/aromatic N) is 3. The fourth-order valence-corrected chi connectivity index (χ4v) is 3.37. The number of nitrogens with one attached hydrogen (secondary N) is 1. The van der Waals surface area contributed by atoms with Crippen molar-refractivity contribution in [1.82, 2.24) is 14.7 Å². The molecule has 1 aliphatic rings. The van der Waals surface area contributed by atoms with E-state index < -0.39 is 0 Å². The van der Waals surface area contributed by atoms with E-state index in [1.165, 1.54) is 4.90 Å². The molecular formula is C24H34N4O4. The first kappa shape index (κ1) is 23.6. The van der Waals surface area contributed by atoms with Gasteiger partial charge in [-0.1, -0.05) is 20.8 Å². The summed E-state index contributed by atoms with van der Waals surface area (Å²) in [6.07, 6.45) is 0. The van der Waals surface area contributed by atoms with E-state index in [1.807, 2.05) is 45.4 Å². The lowest BCUT2D eigenvalue weighted by Gasteiger charge is -2.27. The van der Waals surface area contributed by atoms with Crippen LogP contribution in [-0.4, -0.2) is 45.9 Å². The third-order valence-corrected chi connectivity index (χ3v) is 5.20. The third kappa shape index (κ3) is 5.06. The Morgan fingerprint density at radius 1 is 1.09 bits per heavy atom. The van der Waals surface area contributed by atoms with Gasteiger partial charge in [-0.2, -0.15) is 5.10 Å². The molecule has 0 saturated carbocycles. The second-order valence-corrected chi connectivity index (χ2v) is 10.4. The molecule has 174 valence electrons. The first-order valence-corrected chi connectivity index (χ1v) is 10.9. The Hall–Kier alpha value is -3.03. The molecule has 32 heavy (non-hydrogen) atoms. The molecule has 8 heteroatoms. The predicted molar refractivity (Wildman–Crippen MR) is 123 cm³/mol. The van der Waals surface area contributed by atoms with Crippen molar-refractivity contribution in [1.29, 1.82) is 0 Å². The van der Waals surface area contributed by atoms with Crippen molar-refractivity contribution in [3.63, 3.8) is 0 Å². The fraction of sp³-hybridized carbons (Fsp3) is 0.542. The number of rotatable bonds is 5. The summed E-state index contributed by atoms with van der Waals surface area (Å²) in [6, 6.07) is 6.79. The van der Waals surface area contributed by atoms with Gasteiger partial charge in [0.25, 0.3) is 5.91 Å². The molecule has 0 aliphatic carbocycles. The van der Waals surface area contributed by atoms with Crippen molar-refractivity contribution >= 4 is 17.6 Å². The number of fused-ring (bicyclic) bond motifs is 1. The maximum absolute atomic E-state index is 13.2. The van der Waals surface area contributed by atoms with Crippen LogP contribution in [0.2, 0.25) is 0 Å². The minimum Gasteiger partial charge on any atom is -0.454 e. The van der Waals surface area contributed by atoms with Gasteiger partial charge in [0, 0.05) is 23.1 Å². The number of hydrogen-bond donors (Lipinski definition) is 1. The van der Waals surface area contributed by atoms with E-state index in [1.54, 1.807) is 18.2 Å². The van der Waals surface area contributed by atoms with Crippen LogP contribution in [-0.2, 0) is 15.7 Å². The highest BCUT2D eigenvalue weighted by molar-refractivity contribution is 5.99. The van der Waals surface area contributed by atoms with E-state index in [0.29, 0.717) is 22.9 Å². The Kier molecular flexibility index (Phi) is 6.26. The number of hydrogen-bond acceptors (Lipinski definition) is 5. The summed E-state index contributed by atoms with van der Waals surface area (Å²) in [5, 5.41) is 7.70. The maximum Gasteiger partial charge on any atom is 0.254 e. The van der Waals surface area contributed by atoms with Crippen LogP contribution < -0.4 is 14.8 Å². The van der Waals surface area contributed by atoms with Crippen molar-refractivity contribution in [2.45, 2.75) is 72.4 Å². The van der Waals surface area contributed by atoms with Gasteiger partial charge in [-0.05, 0) is 52.8 Å². The second kappa shape index (κ2) is 8.48. The first-order chi connectivity index (χ1) is 14.8. The molecular weight excluding hydrogens is 408 g/mol. The van der Waals surface area contributed by atoms with Gasteiger partial charge in [0.05, 0.1) is 11.2 Å². The zero-order chi connectivity index (χ0) is 23.8. The topological polar surface area (TPSA) is 85.7 Å². The highest BCUT2D eigenvalue weighted by atomic mass is 16.7. The zero-order valence-electron chi connectivity index (χ0n) is 20.3. The van der Waals surface area contributed by atoms with Crippen LogP contribution in [0.4, 0.5) is 5.82 Å². The number of benzene rings is 1. The van der Waals surface area contributed by atoms with E-state index in [2.05, 4.69) is 26.1 Å². The fourth-order valence-electron chi connectivity index (χ4n) is 3.37. The largest absolute Gasteiger partial charge is 0.454 e. The molecule has 2 aromatic rings. The molecule has 0 spiro atoms. The Bertz CT molecular complexity index is 1010. The molecule has 2 amide bonds. The highest BCUT2D eigenvalue weighted by Gasteiger charge is 2.28. The van der Waals surface area contributed by atoms with Gasteiger partial charge in [-0.15, -0.1) is 0 Å². The van der Waals surface area contributed by atoms with Crippen molar-refractivity contribution < 1.29 is 19.1 Å². The van der Waals surface area contributed by atoms with Crippen molar-refractivity contribution in [3.05, 3.63) is 35.5 Å². The summed E-state index contributed by atoms with van der Waals surface area (Å²) in [7, 11) is 0. The lowest BCUT2D eigenvalue weighted by Crippen LogP contribution is -2.42. The lowest BCUT2D eigenvalue weighted by molar-refractivity contribution is -0.117. The zero-order valence-corrected chi connectivity index (χ0v) is 20.3. The van der Waals surface area contributed by atoms with E-state index in [-0.39, 0.29) is 42.1 Å². The summed E-state index contributed by atoms with van der Waals surface area (Å²) in [6.45, 7) is 16.2. The molecule has 1 aliphatic heterocycles. The van der Waals surface area contributed by atoms with E-state index in [4.69, 9.17) is 14.6 Å². The number of carbonyl (C=O) groups excluding carboxylic acids is 2.